The molecule has 5 heteroatoms. The molecule has 1 amide bonds. The first-order chi connectivity index (χ1) is 12.0. The number of aromatic amines is 2. The van der Waals surface area contributed by atoms with Gasteiger partial charge in [-0.15, -0.1) is 0 Å². The molecule has 3 N–H and O–H groups in total. The summed E-state index contributed by atoms with van der Waals surface area (Å²) >= 11 is 0. The molecular formula is C20H21N3O2. The van der Waals surface area contributed by atoms with Gasteiger partial charge in [0.2, 0.25) is 5.91 Å². The van der Waals surface area contributed by atoms with Gasteiger partial charge in [-0.05, 0) is 49.4 Å². The van der Waals surface area contributed by atoms with Crippen molar-refractivity contribution in [3.8, 4) is 0 Å². The van der Waals surface area contributed by atoms with E-state index in [4.69, 9.17) is 0 Å². The quantitative estimate of drug-likeness (QED) is 0.685. The summed E-state index contributed by atoms with van der Waals surface area (Å²) in [5.41, 5.74) is 4.76. The van der Waals surface area contributed by atoms with Crippen LogP contribution in [0.25, 0.3) is 11.0 Å². The van der Waals surface area contributed by atoms with E-state index in [1.165, 1.54) is 11.1 Å². The van der Waals surface area contributed by atoms with Crippen LogP contribution in [0, 0.1) is 12.8 Å². The monoisotopic (exact) mass is 335 g/mol. The van der Waals surface area contributed by atoms with E-state index in [1.54, 1.807) is 0 Å². The molecular weight excluding hydrogens is 314 g/mol. The number of fused-ring (bicyclic) bond motifs is 1. The number of rotatable bonds is 4. The van der Waals surface area contributed by atoms with Gasteiger partial charge in [-0.3, -0.25) is 4.79 Å². The molecule has 1 heterocycles. The Bertz CT molecular complexity index is 1000. The van der Waals surface area contributed by atoms with Gasteiger partial charge in [0, 0.05) is 5.92 Å². The van der Waals surface area contributed by atoms with Gasteiger partial charge in [0.15, 0.2) is 0 Å². The molecule has 25 heavy (non-hydrogen) atoms. The molecule has 1 saturated carbocycles. The summed E-state index contributed by atoms with van der Waals surface area (Å²) in [6.07, 6.45) is 0.909. The van der Waals surface area contributed by atoms with E-state index in [-0.39, 0.29) is 23.6 Å². The van der Waals surface area contributed by atoms with Crippen LogP contribution in [0.4, 0.5) is 0 Å². The van der Waals surface area contributed by atoms with Crippen LogP contribution in [-0.4, -0.2) is 15.9 Å². The Labute approximate surface area is 145 Å². The summed E-state index contributed by atoms with van der Waals surface area (Å²) in [5, 5.41) is 3.10. The van der Waals surface area contributed by atoms with E-state index in [1.807, 2.05) is 31.2 Å². The first-order valence-electron chi connectivity index (χ1n) is 8.60. The van der Waals surface area contributed by atoms with E-state index >= 15 is 0 Å². The van der Waals surface area contributed by atoms with Crippen LogP contribution in [0.5, 0.6) is 0 Å². The maximum absolute atomic E-state index is 12.6. The highest BCUT2D eigenvalue weighted by molar-refractivity contribution is 5.83. The van der Waals surface area contributed by atoms with Crippen molar-refractivity contribution in [2.45, 2.75) is 32.2 Å². The van der Waals surface area contributed by atoms with E-state index in [0.717, 1.165) is 23.0 Å². The number of aryl methyl sites for hydroxylation is 1. The molecule has 0 aliphatic heterocycles. The fourth-order valence-electron chi connectivity index (χ4n) is 3.48. The van der Waals surface area contributed by atoms with Gasteiger partial charge < -0.3 is 15.3 Å². The first-order valence-corrected chi connectivity index (χ1v) is 8.60. The average molecular weight is 335 g/mol. The third kappa shape index (κ3) is 3.09. The van der Waals surface area contributed by atoms with Gasteiger partial charge in [-0.25, -0.2) is 4.79 Å². The van der Waals surface area contributed by atoms with E-state index in [9.17, 15) is 9.59 Å². The summed E-state index contributed by atoms with van der Waals surface area (Å²) in [6.45, 7) is 4.04. The zero-order valence-corrected chi connectivity index (χ0v) is 14.3. The van der Waals surface area contributed by atoms with Gasteiger partial charge >= 0.3 is 5.69 Å². The molecule has 0 bridgehead atoms. The van der Waals surface area contributed by atoms with E-state index in [2.05, 4.69) is 40.4 Å². The lowest BCUT2D eigenvalue weighted by Gasteiger charge is -2.14. The molecule has 0 saturated heterocycles. The summed E-state index contributed by atoms with van der Waals surface area (Å²) < 4.78 is 0. The molecule has 4 rings (SSSR count). The second-order valence-corrected chi connectivity index (χ2v) is 6.98. The van der Waals surface area contributed by atoms with Gasteiger partial charge in [0.05, 0.1) is 17.1 Å². The fourth-order valence-corrected chi connectivity index (χ4v) is 3.48. The van der Waals surface area contributed by atoms with Gasteiger partial charge in [0.1, 0.15) is 0 Å². The highest BCUT2D eigenvalue weighted by Gasteiger charge is 2.44. The van der Waals surface area contributed by atoms with Crippen LogP contribution in [0.15, 0.2) is 47.3 Å². The molecule has 0 radical (unpaired) electrons. The Morgan fingerprint density at radius 1 is 1.16 bits per heavy atom. The molecule has 0 spiro atoms. The van der Waals surface area contributed by atoms with Crippen LogP contribution in [0.3, 0.4) is 0 Å². The van der Waals surface area contributed by atoms with Gasteiger partial charge in [0.25, 0.3) is 0 Å². The smallest absolute Gasteiger partial charge is 0.323 e. The second kappa shape index (κ2) is 5.92. The minimum absolute atomic E-state index is 0.0556. The third-order valence-electron chi connectivity index (χ3n) is 5.00. The molecule has 1 fully saturated rings. The molecule has 1 aliphatic carbocycles. The van der Waals surface area contributed by atoms with Crippen LogP contribution >= 0.6 is 0 Å². The van der Waals surface area contributed by atoms with Crippen molar-refractivity contribution in [3.63, 3.8) is 0 Å². The minimum atomic E-state index is -0.220. The molecule has 1 aromatic heterocycles. The maximum Gasteiger partial charge on any atom is 0.323 e. The number of H-pyrrole nitrogens is 2. The fraction of sp³-hybridized carbons (Fsp3) is 0.300. The predicted octanol–water partition coefficient (Wildman–Crippen LogP) is 3.15. The van der Waals surface area contributed by atoms with Crippen LogP contribution in [0.1, 0.15) is 42.0 Å². The van der Waals surface area contributed by atoms with Crippen molar-refractivity contribution in [1.29, 1.82) is 0 Å². The normalized spacial score (nSPS) is 20.4. The molecule has 3 atom stereocenters. The van der Waals surface area contributed by atoms with Crippen LogP contribution in [-0.2, 0) is 4.79 Å². The van der Waals surface area contributed by atoms with Crippen molar-refractivity contribution in [2.24, 2.45) is 5.92 Å². The highest BCUT2D eigenvalue weighted by Crippen LogP contribution is 2.47. The number of benzene rings is 2. The maximum atomic E-state index is 12.6. The SMILES string of the molecule is Cc1cccc([C@@H]2C[C@@H]2C(=O)N[C@H](C)c2ccc3[nH]c(=O)[nH]c3c2)c1. The number of aromatic nitrogens is 2. The summed E-state index contributed by atoms with van der Waals surface area (Å²) in [4.78, 5) is 29.4. The number of amides is 1. The molecule has 3 aromatic rings. The third-order valence-corrected chi connectivity index (χ3v) is 5.00. The zero-order chi connectivity index (χ0) is 17.6. The van der Waals surface area contributed by atoms with Crippen LogP contribution < -0.4 is 11.0 Å². The number of carbonyl (C=O) groups is 1. The average Bonchev–Trinajstić information content (AvgIpc) is 3.29. The molecule has 0 unspecified atom stereocenters. The van der Waals surface area contributed by atoms with Gasteiger partial charge in [-0.1, -0.05) is 35.9 Å². The predicted molar refractivity (Wildman–Crippen MR) is 97.5 cm³/mol. The Balaban J connectivity index is 1.44. The Kier molecular flexibility index (Phi) is 3.71. The minimum Gasteiger partial charge on any atom is -0.349 e. The number of hydrogen-bond donors (Lipinski definition) is 3. The van der Waals surface area contributed by atoms with Crippen molar-refractivity contribution in [1.82, 2.24) is 15.3 Å². The molecule has 1 aliphatic rings. The number of carbonyl (C=O) groups excluding carboxylic acids is 1. The Hall–Kier alpha value is -2.82. The number of nitrogens with one attached hydrogen (secondary N) is 3. The lowest BCUT2D eigenvalue weighted by atomic mass is 10.1. The topological polar surface area (TPSA) is 77.8 Å². The first kappa shape index (κ1) is 15.7. The van der Waals surface area contributed by atoms with E-state index < -0.39 is 0 Å². The summed E-state index contributed by atoms with van der Waals surface area (Å²) in [7, 11) is 0. The van der Waals surface area contributed by atoms with Crippen molar-refractivity contribution in [2.75, 3.05) is 0 Å². The van der Waals surface area contributed by atoms with Gasteiger partial charge in [-0.2, -0.15) is 0 Å². The lowest BCUT2D eigenvalue weighted by Crippen LogP contribution is -2.28. The largest absolute Gasteiger partial charge is 0.349 e. The summed E-state index contributed by atoms with van der Waals surface area (Å²) in [6, 6.07) is 14.0. The van der Waals surface area contributed by atoms with Crippen molar-refractivity contribution in [3.05, 3.63) is 69.6 Å². The van der Waals surface area contributed by atoms with E-state index in [0.29, 0.717) is 5.92 Å². The Morgan fingerprint density at radius 2 is 1.96 bits per heavy atom. The molecule has 128 valence electrons. The second-order valence-electron chi connectivity index (χ2n) is 6.98. The highest BCUT2D eigenvalue weighted by atomic mass is 16.2. The number of hydrogen-bond acceptors (Lipinski definition) is 2. The van der Waals surface area contributed by atoms with Crippen molar-refractivity contribution < 1.29 is 4.79 Å². The zero-order valence-electron chi connectivity index (χ0n) is 14.3. The molecule has 5 nitrogen and oxygen atoms in total. The lowest BCUT2D eigenvalue weighted by molar-refractivity contribution is -0.123. The summed E-state index contributed by atoms with van der Waals surface area (Å²) in [5.74, 6) is 0.484. The van der Waals surface area contributed by atoms with Crippen LogP contribution in [0.2, 0.25) is 0 Å². The molecule has 2 aromatic carbocycles. The Morgan fingerprint density at radius 3 is 2.76 bits per heavy atom. The number of imidazole rings is 1. The van der Waals surface area contributed by atoms with Crippen molar-refractivity contribution >= 4 is 16.9 Å². The standard InChI is InChI=1S/C20H21N3O2/c1-11-4-3-5-14(8-11)15-10-16(15)19(24)21-12(2)13-6-7-17-18(9-13)23-20(25)22-17/h3-9,12,15-16H,10H2,1-2H3,(H,21,24)(H2,22,23,25)/t12-,15+,16+/m1/s1.